The van der Waals surface area contributed by atoms with Crippen LogP contribution in [0.2, 0.25) is 0 Å². The number of benzene rings is 1. The summed E-state index contributed by atoms with van der Waals surface area (Å²) in [5.74, 6) is -7.38. The molecule has 0 bridgehead atoms. The monoisotopic (exact) mass is 610 g/mol. The highest BCUT2D eigenvalue weighted by molar-refractivity contribution is 5.83. The molecular formula is C22H22F12O6. The minimum atomic E-state index is -6.59. The van der Waals surface area contributed by atoms with Gasteiger partial charge in [0.05, 0.1) is 0 Å². The van der Waals surface area contributed by atoms with Crippen molar-refractivity contribution in [2.24, 2.45) is 0 Å². The first-order chi connectivity index (χ1) is 17.5. The summed E-state index contributed by atoms with van der Waals surface area (Å²) in [5, 5.41) is 9.14. The van der Waals surface area contributed by atoms with Crippen molar-refractivity contribution in [1.29, 1.82) is 0 Å². The van der Waals surface area contributed by atoms with Gasteiger partial charge in [-0.3, -0.25) is 0 Å². The third-order valence-electron chi connectivity index (χ3n) is 5.59. The van der Waals surface area contributed by atoms with Crippen LogP contribution in [0.4, 0.5) is 52.7 Å². The Labute approximate surface area is 218 Å². The van der Waals surface area contributed by atoms with Crippen molar-refractivity contribution >= 4 is 11.9 Å². The molecule has 0 aliphatic rings. The second-order valence-electron chi connectivity index (χ2n) is 9.41. The van der Waals surface area contributed by atoms with Gasteiger partial charge in [-0.2, -0.15) is 52.7 Å². The molecule has 0 unspecified atom stereocenters. The van der Waals surface area contributed by atoms with Crippen LogP contribution in [0.3, 0.4) is 0 Å². The third-order valence-corrected chi connectivity index (χ3v) is 5.59. The number of halogens is 12. The topological polar surface area (TPSA) is 82.1 Å². The van der Waals surface area contributed by atoms with Crippen LogP contribution in [-0.4, -0.2) is 58.6 Å². The first-order valence-electron chi connectivity index (χ1n) is 10.8. The molecule has 0 saturated heterocycles. The van der Waals surface area contributed by atoms with E-state index in [2.05, 4.69) is 14.2 Å². The lowest BCUT2D eigenvalue weighted by atomic mass is 9.96. The number of hydrogen-bond acceptors (Lipinski definition) is 6. The van der Waals surface area contributed by atoms with Gasteiger partial charge < -0.3 is 19.3 Å². The highest BCUT2D eigenvalue weighted by Gasteiger charge is 2.80. The molecule has 230 valence electrons. The molecule has 0 atom stereocenters. The average Bonchev–Trinajstić information content (AvgIpc) is 2.73. The molecule has 0 aromatic heterocycles. The van der Waals surface area contributed by atoms with Gasteiger partial charge in [-0.15, -0.1) is 0 Å². The molecule has 1 aromatic rings. The SMILES string of the molecule is CCC(C)(C)OC(=O)C(Oc1ccc(C(C)(C)OC(=O)C(O)(C(F)(F)F)C(F)(F)F)cc1)(C(F)(F)F)C(F)(F)F. The van der Waals surface area contributed by atoms with Gasteiger partial charge >= 0.3 is 47.8 Å². The Kier molecular flexibility index (Phi) is 9.20. The number of rotatable bonds is 8. The van der Waals surface area contributed by atoms with Gasteiger partial charge in [-0.25, -0.2) is 9.59 Å². The van der Waals surface area contributed by atoms with Crippen molar-refractivity contribution in [2.75, 3.05) is 0 Å². The summed E-state index contributed by atoms with van der Waals surface area (Å²) in [7, 11) is 0. The van der Waals surface area contributed by atoms with Crippen LogP contribution >= 0.6 is 0 Å². The maximum atomic E-state index is 13.8. The fourth-order valence-corrected chi connectivity index (χ4v) is 2.80. The summed E-state index contributed by atoms with van der Waals surface area (Å²) in [6.45, 7) is 4.76. The summed E-state index contributed by atoms with van der Waals surface area (Å²) < 4.78 is 173. The summed E-state index contributed by atoms with van der Waals surface area (Å²) in [6, 6.07) is 1.74. The zero-order valence-corrected chi connectivity index (χ0v) is 21.0. The summed E-state index contributed by atoms with van der Waals surface area (Å²) in [6.07, 6.45) is -26.3. The molecule has 1 N–H and O–H groups in total. The summed E-state index contributed by atoms with van der Waals surface area (Å²) in [5.41, 5.74) is -16.4. The Bertz CT molecular complexity index is 1040. The second kappa shape index (κ2) is 10.5. The first kappa shape index (κ1) is 35.1. The van der Waals surface area contributed by atoms with Crippen molar-refractivity contribution in [1.82, 2.24) is 0 Å². The molecule has 1 aromatic carbocycles. The van der Waals surface area contributed by atoms with Crippen molar-refractivity contribution < 1.29 is 81.6 Å². The van der Waals surface area contributed by atoms with Gasteiger partial charge in [-0.05, 0) is 51.8 Å². The van der Waals surface area contributed by atoms with Gasteiger partial charge in [0.15, 0.2) is 0 Å². The molecule has 0 aliphatic heterocycles. The number of aliphatic hydroxyl groups is 1. The largest absolute Gasteiger partial charge is 0.460 e. The van der Waals surface area contributed by atoms with Crippen molar-refractivity contribution in [3.8, 4) is 5.75 Å². The van der Waals surface area contributed by atoms with Gasteiger partial charge in [-0.1, -0.05) is 19.1 Å². The molecule has 6 nitrogen and oxygen atoms in total. The molecule has 0 spiro atoms. The van der Waals surface area contributed by atoms with E-state index < -0.39 is 70.4 Å². The predicted octanol–water partition coefficient (Wildman–Crippen LogP) is 6.29. The van der Waals surface area contributed by atoms with Gasteiger partial charge in [0.2, 0.25) is 0 Å². The third kappa shape index (κ3) is 6.52. The smallest absolute Gasteiger partial charge is 0.449 e. The van der Waals surface area contributed by atoms with Crippen LogP contribution in [0.1, 0.15) is 46.6 Å². The molecular weight excluding hydrogens is 588 g/mol. The highest BCUT2D eigenvalue weighted by Crippen LogP contribution is 2.48. The quantitative estimate of drug-likeness (QED) is 0.275. The standard InChI is InChI=1S/C22H22F12O6/c1-6-15(2,3)39-14(36)18(21(29,30)31,22(32,33)34)38-12-9-7-11(8-10-12)16(4,5)40-13(35)17(37,19(23,24)25)20(26,27)28/h7-10,37H,6H2,1-5H3. The lowest BCUT2D eigenvalue weighted by Gasteiger charge is -2.37. The summed E-state index contributed by atoms with van der Waals surface area (Å²) in [4.78, 5) is 24.1. The van der Waals surface area contributed by atoms with E-state index >= 15 is 0 Å². The Balaban J connectivity index is 3.50. The molecule has 0 radical (unpaired) electrons. The van der Waals surface area contributed by atoms with E-state index in [4.69, 9.17) is 5.11 Å². The van der Waals surface area contributed by atoms with Crippen LogP contribution in [0.5, 0.6) is 5.75 Å². The number of carbonyl (C=O) groups is 2. The number of ether oxygens (including phenoxy) is 3. The molecule has 0 aliphatic carbocycles. The maximum absolute atomic E-state index is 13.8. The van der Waals surface area contributed by atoms with E-state index in [1.807, 2.05) is 0 Å². The Hall–Kier alpha value is -2.92. The van der Waals surface area contributed by atoms with E-state index in [0.29, 0.717) is 38.1 Å². The van der Waals surface area contributed by atoms with E-state index in [1.54, 1.807) is 0 Å². The zero-order chi connectivity index (χ0) is 32.0. The normalized spacial score (nSPS) is 14.6. The van der Waals surface area contributed by atoms with Crippen molar-refractivity contribution in [3.63, 3.8) is 0 Å². The van der Waals surface area contributed by atoms with Crippen LogP contribution < -0.4 is 4.74 Å². The lowest BCUT2D eigenvalue weighted by molar-refractivity contribution is -0.359. The van der Waals surface area contributed by atoms with Gasteiger partial charge in [0.1, 0.15) is 17.0 Å². The molecule has 1 rings (SSSR count). The van der Waals surface area contributed by atoms with E-state index in [-0.39, 0.29) is 6.42 Å². The fraction of sp³-hybridized carbons (Fsp3) is 0.636. The predicted molar refractivity (Wildman–Crippen MR) is 109 cm³/mol. The van der Waals surface area contributed by atoms with Gasteiger partial charge in [0.25, 0.3) is 0 Å². The lowest BCUT2D eigenvalue weighted by Crippen LogP contribution is -2.67. The van der Waals surface area contributed by atoms with Crippen molar-refractivity contribution in [3.05, 3.63) is 29.8 Å². The fourth-order valence-electron chi connectivity index (χ4n) is 2.80. The number of carbonyl (C=O) groups excluding carboxylic acids is 2. The van der Waals surface area contributed by atoms with E-state index in [9.17, 15) is 62.3 Å². The minimum Gasteiger partial charge on any atom is -0.460 e. The van der Waals surface area contributed by atoms with Crippen LogP contribution in [0, 0.1) is 0 Å². The van der Waals surface area contributed by atoms with E-state index in [1.165, 1.54) is 6.92 Å². The molecule has 0 heterocycles. The molecule has 40 heavy (non-hydrogen) atoms. The van der Waals surface area contributed by atoms with Crippen molar-refractivity contribution in [2.45, 2.75) is 88.1 Å². The number of esters is 2. The molecule has 0 amide bonds. The Morgan fingerprint density at radius 1 is 0.675 bits per heavy atom. The molecule has 0 saturated carbocycles. The highest BCUT2D eigenvalue weighted by atomic mass is 19.4. The number of alkyl halides is 12. The average molecular weight is 610 g/mol. The van der Waals surface area contributed by atoms with Crippen LogP contribution in [-0.2, 0) is 24.7 Å². The Morgan fingerprint density at radius 3 is 1.40 bits per heavy atom. The second-order valence-corrected chi connectivity index (χ2v) is 9.41. The van der Waals surface area contributed by atoms with Crippen LogP contribution in [0.25, 0.3) is 0 Å². The van der Waals surface area contributed by atoms with Crippen LogP contribution in [0.15, 0.2) is 24.3 Å². The minimum absolute atomic E-state index is 0.204. The Morgan fingerprint density at radius 2 is 1.07 bits per heavy atom. The molecule has 0 fully saturated rings. The van der Waals surface area contributed by atoms with Gasteiger partial charge in [0, 0.05) is 0 Å². The van der Waals surface area contributed by atoms with E-state index in [0.717, 1.165) is 13.8 Å². The maximum Gasteiger partial charge on any atom is 0.449 e. The summed E-state index contributed by atoms with van der Waals surface area (Å²) >= 11 is 0. The zero-order valence-electron chi connectivity index (χ0n) is 21.0. The first-order valence-corrected chi connectivity index (χ1v) is 10.8. The molecule has 18 heteroatoms. The number of hydrogen-bond donors (Lipinski definition) is 1.